The zero-order valence-electron chi connectivity index (χ0n) is 18.2. The standard InChI is InChI=1S/3C7H9NO2.V/c3*1-5-7(10)6(9)3-4-8(5)2;/h3*3-4,10H,1-2H3;/p-3. The zero-order chi connectivity index (χ0) is 23.2. The van der Waals surface area contributed by atoms with Gasteiger partial charge in [0.15, 0.2) is 16.3 Å². The summed E-state index contributed by atoms with van der Waals surface area (Å²) in [6, 6.07) is 3.82. The Kier molecular flexibility index (Phi) is 10.7. The zero-order valence-corrected chi connectivity index (χ0v) is 19.6. The summed E-state index contributed by atoms with van der Waals surface area (Å²) in [5.41, 5.74) is 0.134. The smallest absolute Gasteiger partial charge is 0.174 e. The van der Waals surface area contributed by atoms with Gasteiger partial charge in [0.1, 0.15) is 0 Å². The van der Waals surface area contributed by atoms with Crippen LogP contribution in [0.3, 0.4) is 0 Å². The molecule has 0 N–H and O–H groups in total. The average molecular weight is 465 g/mol. The Hall–Kier alpha value is -3.17. The topological polar surface area (TPSA) is 135 Å². The van der Waals surface area contributed by atoms with Gasteiger partial charge in [-0.05, 0) is 38.0 Å². The number of aryl methyl sites for hydroxylation is 3. The van der Waals surface area contributed by atoms with E-state index in [1.807, 2.05) is 0 Å². The van der Waals surface area contributed by atoms with Crippen molar-refractivity contribution in [3.8, 4) is 17.2 Å². The second kappa shape index (κ2) is 11.9. The van der Waals surface area contributed by atoms with Crippen molar-refractivity contribution in [3.63, 3.8) is 0 Å². The summed E-state index contributed by atoms with van der Waals surface area (Å²) in [5, 5.41) is 32.6. The molecular formula is C21H24N3O6V-3. The van der Waals surface area contributed by atoms with Gasteiger partial charge in [-0.2, -0.15) is 0 Å². The van der Waals surface area contributed by atoms with Crippen LogP contribution in [0.25, 0.3) is 0 Å². The summed E-state index contributed by atoms with van der Waals surface area (Å²) in [4.78, 5) is 32.0. The molecule has 0 aliphatic heterocycles. The van der Waals surface area contributed by atoms with Crippen molar-refractivity contribution in [2.75, 3.05) is 0 Å². The van der Waals surface area contributed by atoms with E-state index in [-0.39, 0.29) is 18.6 Å². The third-order valence-electron chi connectivity index (χ3n) is 4.59. The van der Waals surface area contributed by atoms with Crippen LogP contribution in [0.1, 0.15) is 17.1 Å². The Bertz CT molecular complexity index is 1060. The van der Waals surface area contributed by atoms with Crippen LogP contribution in [-0.2, 0) is 39.7 Å². The molecule has 0 bridgehead atoms. The Labute approximate surface area is 191 Å². The molecule has 9 nitrogen and oxygen atoms in total. The fourth-order valence-electron chi connectivity index (χ4n) is 2.12. The van der Waals surface area contributed by atoms with Crippen molar-refractivity contribution >= 4 is 0 Å². The monoisotopic (exact) mass is 465 g/mol. The minimum Gasteiger partial charge on any atom is -0.869 e. The van der Waals surface area contributed by atoms with Crippen LogP contribution in [0.2, 0.25) is 0 Å². The molecule has 0 aliphatic rings. The average Bonchev–Trinajstić information content (AvgIpc) is 2.73. The van der Waals surface area contributed by atoms with Crippen LogP contribution in [-0.4, -0.2) is 13.7 Å². The third kappa shape index (κ3) is 7.23. The minimum absolute atomic E-state index is 0. The van der Waals surface area contributed by atoms with Gasteiger partial charge in [-0.1, -0.05) is 0 Å². The molecule has 3 heterocycles. The third-order valence-corrected chi connectivity index (χ3v) is 4.59. The van der Waals surface area contributed by atoms with E-state index in [0.29, 0.717) is 17.1 Å². The van der Waals surface area contributed by atoms with Crippen LogP contribution >= 0.6 is 0 Å². The Morgan fingerprint density at radius 2 is 0.742 bits per heavy atom. The van der Waals surface area contributed by atoms with Crippen molar-refractivity contribution in [2.24, 2.45) is 21.1 Å². The molecule has 31 heavy (non-hydrogen) atoms. The summed E-state index contributed by atoms with van der Waals surface area (Å²) in [6.45, 7) is 4.89. The molecule has 0 fully saturated rings. The number of nitrogens with zero attached hydrogens (tertiary/aromatic N) is 3. The number of rotatable bonds is 0. The van der Waals surface area contributed by atoms with E-state index in [1.165, 1.54) is 18.2 Å². The van der Waals surface area contributed by atoms with Gasteiger partial charge in [-0.25, -0.2) is 0 Å². The molecule has 1 radical (unpaired) electrons. The molecule has 167 valence electrons. The Balaban J connectivity index is 0.000000429. The molecule has 3 aromatic heterocycles. The second-order valence-electron chi connectivity index (χ2n) is 6.62. The largest absolute Gasteiger partial charge is 0.869 e. The molecule has 0 saturated heterocycles. The minimum atomic E-state index is -0.435. The molecule has 0 spiro atoms. The maximum absolute atomic E-state index is 10.9. The van der Waals surface area contributed by atoms with E-state index in [4.69, 9.17) is 0 Å². The summed E-state index contributed by atoms with van der Waals surface area (Å²) in [6.07, 6.45) is 4.75. The van der Waals surface area contributed by atoms with Crippen molar-refractivity contribution in [2.45, 2.75) is 20.8 Å². The van der Waals surface area contributed by atoms with E-state index >= 15 is 0 Å². The Morgan fingerprint density at radius 1 is 0.548 bits per heavy atom. The predicted octanol–water partition coefficient (Wildman–Crippen LogP) is -0.701. The number of aromatic nitrogens is 3. The van der Waals surface area contributed by atoms with Gasteiger partial charge in [-0.3, -0.25) is 14.4 Å². The normalized spacial score (nSPS) is 9.48. The molecule has 3 rings (SSSR count). The van der Waals surface area contributed by atoms with Crippen LogP contribution in [0.15, 0.2) is 51.2 Å². The van der Waals surface area contributed by atoms with Crippen molar-refractivity contribution in [3.05, 3.63) is 84.5 Å². The number of hydrogen-bond donors (Lipinski definition) is 0. The second-order valence-corrected chi connectivity index (χ2v) is 6.62. The number of pyridine rings is 3. The maximum Gasteiger partial charge on any atom is 0.174 e. The number of hydrogen-bond acceptors (Lipinski definition) is 6. The van der Waals surface area contributed by atoms with Crippen LogP contribution < -0.4 is 31.6 Å². The molecular weight excluding hydrogens is 441 g/mol. The van der Waals surface area contributed by atoms with Gasteiger partial charge in [0.25, 0.3) is 0 Å². The first-order valence-corrected chi connectivity index (χ1v) is 8.88. The van der Waals surface area contributed by atoms with E-state index in [9.17, 15) is 29.7 Å². The summed E-state index contributed by atoms with van der Waals surface area (Å²) >= 11 is 0. The fourth-order valence-corrected chi connectivity index (χ4v) is 2.12. The molecule has 10 heteroatoms. The molecule has 0 amide bonds. The van der Waals surface area contributed by atoms with Gasteiger partial charge in [0.2, 0.25) is 0 Å². The fraction of sp³-hybridized carbons (Fsp3) is 0.286. The summed E-state index contributed by atoms with van der Waals surface area (Å²) in [5.74, 6) is -1.24. The van der Waals surface area contributed by atoms with E-state index < -0.39 is 33.5 Å². The summed E-state index contributed by atoms with van der Waals surface area (Å²) in [7, 11) is 5.20. The van der Waals surface area contributed by atoms with E-state index in [2.05, 4.69) is 0 Å². The molecule has 0 unspecified atom stereocenters. The molecule has 3 aromatic rings. The van der Waals surface area contributed by atoms with E-state index in [0.717, 1.165) is 0 Å². The van der Waals surface area contributed by atoms with Gasteiger partial charge in [-0.15, -0.1) is 0 Å². The van der Waals surface area contributed by atoms with Crippen molar-refractivity contribution in [1.29, 1.82) is 0 Å². The first-order valence-electron chi connectivity index (χ1n) is 8.88. The summed E-state index contributed by atoms with van der Waals surface area (Å²) < 4.78 is 4.89. The molecule has 0 aliphatic carbocycles. The molecule has 0 aromatic carbocycles. The van der Waals surface area contributed by atoms with Gasteiger partial charge >= 0.3 is 0 Å². The molecule has 0 atom stereocenters. The van der Waals surface area contributed by atoms with Crippen LogP contribution in [0.4, 0.5) is 0 Å². The quantitative estimate of drug-likeness (QED) is 0.431. The van der Waals surface area contributed by atoms with Crippen molar-refractivity contribution in [1.82, 2.24) is 13.7 Å². The Morgan fingerprint density at radius 3 is 0.903 bits per heavy atom. The van der Waals surface area contributed by atoms with Crippen molar-refractivity contribution < 1.29 is 33.9 Å². The van der Waals surface area contributed by atoms with Gasteiger partial charge in [0, 0.05) is 93.6 Å². The van der Waals surface area contributed by atoms with Gasteiger partial charge < -0.3 is 29.0 Å². The SMILES string of the molecule is Cc1c([O-])c(=O)ccn1C.Cc1c([O-])c(=O)ccn1C.Cc1c([O-])c(=O)ccn1C.[V]. The van der Waals surface area contributed by atoms with Crippen LogP contribution in [0.5, 0.6) is 17.2 Å². The first-order chi connectivity index (χ1) is 13.9. The van der Waals surface area contributed by atoms with E-state index in [1.54, 1.807) is 74.2 Å². The predicted molar refractivity (Wildman–Crippen MR) is 108 cm³/mol. The molecule has 0 saturated carbocycles. The first kappa shape index (κ1) is 27.8. The van der Waals surface area contributed by atoms with Gasteiger partial charge in [0.05, 0.1) is 0 Å². The van der Waals surface area contributed by atoms with Crippen LogP contribution in [0, 0.1) is 20.8 Å². The maximum atomic E-state index is 10.9.